The quantitative estimate of drug-likeness (QED) is 0.634. The van der Waals surface area contributed by atoms with E-state index < -0.39 is 10.0 Å². The third kappa shape index (κ3) is 4.68. The van der Waals surface area contributed by atoms with Gasteiger partial charge in [0.25, 0.3) is 5.91 Å². The third-order valence-electron chi connectivity index (χ3n) is 5.05. The number of hydrogen-bond donors (Lipinski definition) is 2. The highest BCUT2D eigenvalue weighted by Gasteiger charge is 2.32. The predicted octanol–water partition coefficient (Wildman–Crippen LogP) is 3.13. The van der Waals surface area contributed by atoms with Gasteiger partial charge in [-0.3, -0.25) is 9.89 Å². The zero-order chi connectivity index (χ0) is 22.0. The molecule has 1 aromatic heterocycles. The molecule has 0 saturated carbocycles. The van der Waals surface area contributed by atoms with Crippen LogP contribution in [0.1, 0.15) is 24.2 Å². The van der Waals surface area contributed by atoms with Gasteiger partial charge in [-0.2, -0.15) is 9.40 Å². The van der Waals surface area contributed by atoms with Gasteiger partial charge in [0.1, 0.15) is 0 Å². The second-order valence-corrected chi connectivity index (χ2v) is 9.55. The molecule has 2 atom stereocenters. The molecule has 2 heterocycles. The van der Waals surface area contributed by atoms with Crippen LogP contribution >= 0.6 is 0 Å². The summed E-state index contributed by atoms with van der Waals surface area (Å²) in [6.45, 7) is 4.26. The highest BCUT2D eigenvalue weighted by Crippen LogP contribution is 2.23. The summed E-state index contributed by atoms with van der Waals surface area (Å²) in [6, 6.07) is 15.3. The molecule has 31 heavy (non-hydrogen) atoms. The number of nitrogens with zero attached hydrogens (tertiary/aromatic N) is 2. The molecule has 1 aliphatic heterocycles. The van der Waals surface area contributed by atoms with Crippen molar-refractivity contribution >= 4 is 21.6 Å². The summed E-state index contributed by atoms with van der Waals surface area (Å²) in [4.78, 5) is 12.9. The van der Waals surface area contributed by atoms with Crippen molar-refractivity contribution in [2.75, 3.05) is 18.4 Å². The van der Waals surface area contributed by atoms with E-state index in [2.05, 4.69) is 15.5 Å². The van der Waals surface area contributed by atoms with Gasteiger partial charge in [0, 0.05) is 36.1 Å². The Kier molecular flexibility index (Phi) is 5.90. The van der Waals surface area contributed by atoms with E-state index in [1.807, 2.05) is 38.1 Å². The Labute approximate surface area is 181 Å². The number of ether oxygens (including phenoxy) is 1. The lowest BCUT2D eigenvalue weighted by Crippen LogP contribution is -2.48. The van der Waals surface area contributed by atoms with Crippen molar-refractivity contribution in [1.82, 2.24) is 14.5 Å². The van der Waals surface area contributed by atoms with Crippen molar-refractivity contribution in [2.24, 2.45) is 0 Å². The van der Waals surface area contributed by atoms with E-state index in [1.165, 1.54) is 16.4 Å². The van der Waals surface area contributed by atoms with Gasteiger partial charge < -0.3 is 10.1 Å². The highest BCUT2D eigenvalue weighted by molar-refractivity contribution is 7.89. The van der Waals surface area contributed by atoms with Crippen LogP contribution in [-0.2, 0) is 14.8 Å². The summed E-state index contributed by atoms with van der Waals surface area (Å²) in [7, 11) is -3.73. The Morgan fingerprint density at radius 2 is 1.84 bits per heavy atom. The number of anilines is 1. The lowest BCUT2D eigenvalue weighted by Gasteiger charge is -2.34. The van der Waals surface area contributed by atoms with Crippen molar-refractivity contribution in [1.29, 1.82) is 0 Å². The minimum Gasteiger partial charge on any atom is -0.373 e. The summed E-state index contributed by atoms with van der Waals surface area (Å²) in [5.74, 6) is -0.387. The van der Waals surface area contributed by atoms with Crippen molar-refractivity contribution in [2.45, 2.75) is 31.0 Å². The molecule has 0 bridgehead atoms. The largest absolute Gasteiger partial charge is 0.373 e. The van der Waals surface area contributed by atoms with Gasteiger partial charge in [0.05, 0.1) is 22.8 Å². The standard InChI is InChI=1S/C22H24N4O4S/c1-15-13-26(14-16(2)30-15)31(28,29)20-8-4-6-18(12-20)22(27)24-19-7-3-5-17(11-19)21-9-10-23-25-21/h3-12,15-16H,13-14H2,1-2H3,(H,23,25)(H,24,27). The number of hydrogen-bond acceptors (Lipinski definition) is 5. The number of carbonyl (C=O) groups excluding carboxylic acids is 1. The summed E-state index contributed by atoms with van der Waals surface area (Å²) in [6.07, 6.45) is 1.28. The molecule has 2 unspecified atom stereocenters. The molecule has 4 rings (SSSR count). The van der Waals surface area contributed by atoms with Crippen LogP contribution in [0.25, 0.3) is 11.3 Å². The van der Waals surface area contributed by atoms with Crippen molar-refractivity contribution in [3.63, 3.8) is 0 Å². The molecular weight excluding hydrogens is 416 g/mol. The van der Waals surface area contributed by atoms with Gasteiger partial charge in [0.2, 0.25) is 10.0 Å². The Bertz CT molecular complexity index is 1170. The van der Waals surface area contributed by atoms with E-state index in [0.29, 0.717) is 5.69 Å². The molecule has 2 aromatic carbocycles. The molecule has 8 nitrogen and oxygen atoms in total. The molecule has 9 heteroatoms. The number of aromatic nitrogens is 2. The smallest absolute Gasteiger partial charge is 0.255 e. The van der Waals surface area contributed by atoms with Crippen LogP contribution in [0.3, 0.4) is 0 Å². The number of benzene rings is 2. The summed E-state index contributed by atoms with van der Waals surface area (Å²) in [5.41, 5.74) is 2.57. The molecule has 3 aromatic rings. The maximum Gasteiger partial charge on any atom is 0.255 e. The number of morpholine rings is 1. The molecular formula is C22H24N4O4S. The molecule has 1 aliphatic rings. The number of sulfonamides is 1. The van der Waals surface area contributed by atoms with Crippen LogP contribution < -0.4 is 5.32 Å². The highest BCUT2D eigenvalue weighted by atomic mass is 32.2. The number of aromatic amines is 1. The fourth-order valence-corrected chi connectivity index (χ4v) is 5.30. The Balaban J connectivity index is 1.54. The summed E-state index contributed by atoms with van der Waals surface area (Å²) < 4.78 is 33.3. The van der Waals surface area contributed by atoms with Gasteiger partial charge in [-0.05, 0) is 50.2 Å². The van der Waals surface area contributed by atoms with Crippen LogP contribution in [0.2, 0.25) is 0 Å². The van der Waals surface area contributed by atoms with Crippen molar-refractivity contribution < 1.29 is 17.9 Å². The zero-order valence-corrected chi connectivity index (χ0v) is 18.1. The first-order valence-corrected chi connectivity index (χ1v) is 11.4. The molecule has 0 spiro atoms. The van der Waals surface area contributed by atoms with Gasteiger partial charge >= 0.3 is 0 Å². The maximum absolute atomic E-state index is 13.1. The Morgan fingerprint density at radius 1 is 1.10 bits per heavy atom. The van der Waals surface area contributed by atoms with Crippen LogP contribution in [0, 0.1) is 0 Å². The Morgan fingerprint density at radius 3 is 2.55 bits per heavy atom. The first-order valence-electron chi connectivity index (χ1n) is 10.00. The van der Waals surface area contributed by atoms with Gasteiger partial charge in [-0.25, -0.2) is 8.42 Å². The molecule has 2 N–H and O–H groups in total. The summed E-state index contributed by atoms with van der Waals surface area (Å²) >= 11 is 0. The van der Waals surface area contributed by atoms with Crippen LogP contribution in [0.5, 0.6) is 0 Å². The second-order valence-electron chi connectivity index (χ2n) is 7.61. The molecule has 1 fully saturated rings. The average molecular weight is 441 g/mol. The van der Waals surface area contributed by atoms with E-state index in [0.717, 1.165) is 11.3 Å². The molecule has 1 amide bonds. The molecule has 0 aliphatic carbocycles. The second kappa shape index (κ2) is 8.62. The first-order chi connectivity index (χ1) is 14.8. The topological polar surface area (TPSA) is 104 Å². The number of nitrogens with one attached hydrogen (secondary N) is 2. The van der Waals surface area contributed by atoms with Crippen LogP contribution in [-0.4, -0.2) is 54.1 Å². The third-order valence-corrected chi connectivity index (χ3v) is 6.88. The lowest BCUT2D eigenvalue weighted by atomic mass is 10.1. The number of rotatable bonds is 5. The van der Waals surface area contributed by atoms with E-state index >= 15 is 0 Å². The van der Waals surface area contributed by atoms with E-state index in [-0.39, 0.29) is 41.7 Å². The zero-order valence-electron chi connectivity index (χ0n) is 17.3. The van der Waals surface area contributed by atoms with E-state index in [1.54, 1.807) is 24.4 Å². The van der Waals surface area contributed by atoms with Crippen LogP contribution in [0.4, 0.5) is 5.69 Å². The minimum absolute atomic E-state index is 0.0904. The molecule has 1 saturated heterocycles. The predicted molar refractivity (Wildman–Crippen MR) is 117 cm³/mol. The fraction of sp³-hybridized carbons (Fsp3) is 0.273. The van der Waals surface area contributed by atoms with Gasteiger partial charge in [0.15, 0.2) is 0 Å². The number of carbonyl (C=O) groups is 1. The van der Waals surface area contributed by atoms with E-state index in [4.69, 9.17) is 4.74 Å². The van der Waals surface area contributed by atoms with Crippen molar-refractivity contribution in [3.05, 3.63) is 66.4 Å². The van der Waals surface area contributed by atoms with Crippen LogP contribution in [0.15, 0.2) is 65.7 Å². The number of amides is 1. The first kappa shape index (κ1) is 21.2. The van der Waals surface area contributed by atoms with Crippen molar-refractivity contribution in [3.8, 4) is 11.3 Å². The monoisotopic (exact) mass is 440 g/mol. The SMILES string of the molecule is CC1CN(S(=O)(=O)c2cccc(C(=O)Nc3cccc(-c4ccn[nH]4)c3)c2)CC(C)O1. The Hall–Kier alpha value is -3.01. The summed E-state index contributed by atoms with van der Waals surface area (Å²) in [5, 5.41) is 9.65. The van der Waals surface area contributed by atoms with Gasteiger partial charge in [-0.15, -0.1) is 0 Å². The lowest BCUT2D eigenvalue weighted by molar-refractivity contribution is -0.0440. The molecule has 162 valence electrons. The van der Waals surface area contributed by atoms with E-state index in [9.17, 15) is 13.2 Å². The normalized spacial score (nSPS) is 19.8. The van der Waals surface area contributed by atoms with Gasteiger partial charge in [-0.1, -0.05) is 18.2 Å². The average Bonchev–Trinajstić information content (AvgIpc) is 3.28. The fourth-order valence-electron chi connectivity index (χ4n) is 3.66. The maximum atomic E-state index is 13.1. The minimum atomic E-state index is -3.73. The number of H-pyrrole nitrogens is 1. The molecule has 0 radical (unpaired) electrons.